The molecule has 2 aromatic rings. The quantitative estimate of drug-likeness (QED) is 0.902. The van der Waals surface area contributed by atoms with Gasteiger partial charge in [0.1, 0.15) is 11.5 Å². The summed E-state index contributed by atoms with van der Waals surface area (Å²) in [5.41, 5.74) is 0.913. The van der Waals surface area contributed by atoms with Gasteiger partial charge in [-0.3, -0.25) is 4.79 Å². The first kappa shape index (κ1) is 13.9. The largest absolute Gasteiger partial charge is 0.508 e. The zero-order valence-electron chi connectivity index (χ0n) is 11.4. The smallest absolute Gasteiger partial charge is 0.257 e. The molecule has 4 heteroatoms. The zero-order valence-corrected chi connectivity index (χ0v) is 11.4. The fourth-order valence-corrected chi connectivity index (χ4v) is 2.07. The molecule has 0 aromatic heterocycles. The van der Waals surface area contributed by atoms with Crippen molar-refractivity contribution in [3.8, 4) is 11.5 Å². The standard InChI is InChI=1S/C16H17NO3/c1-11(12-7-3-5-9-14(12)18)17(2)16(20)13-8-4-6-10-15(13)19/h3-11,18-19H,1-2H3. The van der Waals surface area contributed by atoms with Crippen molar-refractivity contribution in [2.24, 2.45) is 0 Å². The number of hydrogen-bond donors (Lipinski definition) is 2. The topological polar surface area (TPSA) is 60.8 Å². The number of carbonyl (C=O) groups is 1. The summed E-state index contributed by atoms with van der Waals surface area (Å²) < 4.78 is 0. The highest BCUT2D eigenvalue weighted by molar-refractivity contribution is 5.96. The van der Waals surface area contributed by atoms with Gasteiger partial charge in [-0.2, -0.15) is 0 Å². The number of benzene rings is 2. The summed E-state index contributed by atoms with van der Waals surface area (Å²) in [6, 6.07) is 13.0. The van der Waals surface area contributed by atoms with Crippen LogP contribution < -0.4 is 0 Å². The number of carbonyl (C=O) groups excluding carboxylic acids is 1. The normalized spacial score (nSPS) is 11.9. The summed E-state index contributed by atoms with van der Waals surface area (Å²) in [7, 11) is 1.64. The Morgan fingerprint density at radius 2 is 1.55 bits per heavy atom. The Hall–Kier alpha value is -2.49. The summed E-state index contributed by atoms with van der Waals surface area (Å²) >= 11 is 0. The highest BCUT2D eigenvalue weighted by Crippen LogP contribution is 2.29. The van der Waals surface area contributed by atoms with Gasteiger partial charge in [-0.25, -0.2) is 0 Å². The average Bonchev–Trinajstić information content (AvgIpc) is 2.46. The monoisotopic (exact) mass is 271 g/mol. The summed E-state index contributed by atoms with van der Waals surface area (Å²) in [5.74, 6) is -0.190. The summed E-state index contributed by atoms with van der Waals surface area (Å²) in [5, 5.41) is 19.6. The van der Waals surface area contributed by atoms with Gasteiger partial charge in [0, 0.05) is 12.6 Å². The van der Waals surface area contributed by atoms with Crippen LogP contribution in [-0.4, -0.2) is 28.1 Å². The molecule has 0 fully saturated rings. The Kier molecular flexibility index (Phi) is 3.94. The summed E-state index contributed by atoms with van der Waals surface area (Å²) in [6.45, 7) is 1.83. The van der Waals surface area contributed by atoms with Gasteiger partial charge in [0.15, 0.2) is 0 Å². The highest BCUT2D eigenvalue weighted by Gasteiger charge is 2.22. The van der Waals surface area contributed by atoms with E-state index in [0.717, 1.165) is 0 Å². The Bertz CT molecular complexity index is 625. The van der Waals surface area contributed by atoms with Crippen LogP contribution in [0.15, 0.2) is 48.5 Å². The van der Waals surface area contributed by atoms with E-state index in [0.29, 0.717) is 5.56 Å². The molecular formula is C16H17NO3. The molecule has 1 atom stereocenters. The molecule has 2 N–H and O–H groups in total. The van der Waals surface area contributed by atoms with E-state index in [2.05, 4.69) is 0 Å². The van der Waals surface area contributed by atoms with Gasteiger partial charge in [-0.05, 0) is 25.1 Å². The molecule has 20 heavy (non-hydrogen) atoms. The summed E-state index contributed by atoms with van der Waals surface area (Å²) in [4.78, 5) is 13.9. The number of phenolic OH excluding ortho intramolecular Hbond substituents is 2. The van der Waals surface area contributed by atoms with Crippen molar-refractivity contribution in [1.29, 1.82) is 0 Å². The van der Waals surface area contributed by atoms with Crippen LogP contribution in [0.3, 0.4) is 0 Å². The second-order valence-corrected chi connectivity index (χ2v) is 4.67. The molecule has 0 aliphatic heterocycles. The maximum Gasteiger partial charge on any atom is 0.257 e. The molecule has 0 bridgehead atoms. The predicted octanol–water partition coefficient (Wildman–Crippen LogP) is 2.93. The molecule has 0 radical (unpaired) electrons. The number of hydrogen-bond acceptors (Lipinski definition) is 3. The van der Waals surface area contributed by atoms with Crippen molar-refractivity contribution < 1.29 is 15.0 Å². The Labute approximate surface area is 117 Å². The van der Waals surface area contributed by atoms with E-state index in [1.807, 2.05) is 13.0 Å². The number of rotatable bonds is 3. The van der Waals surface area contributed by atoms with Gasteiger partial charge in [-0.1, -0.05) is 30.3 Å². The minimum atomic E-state index is -0.302. The lowest BCUT2D eigenvalue weighted by molar-refractivity contribution is 0.0738. The third kappa shape index (κ3) is 2.59. The molecule has 4 nitrogen and oxygen atoms in total. The van der Waals surface area contributed by atoms with E-state index in [1.54, 1.807) is 43.4 Å². The van der Waals surface area contributed by atoms with Crippen LogP contribution in [0, 0.1) is 0 Å². The number of phenols is 2. The molecule has 1 unspecified atom stereocenters. The van der Waals surface area contributed by atoms with Gasteiger partial charge in [0.2, 0.25) is 0 Å². The molecule has 104 valence electrons. The zero-order chi connectivity index (χ0) is 14.7. The molecule has 0 heterocycles. The van der Waals surface area contributed by atoms with Gasteiger partial charge < -0.3 is 15.1 Å². The lowest BCUT2D eigenvalue weighted by Gasteiger charge is -2.26. The molecule has 0 saturated carbocycles. The average molecular weight is 271 g/mol. The van der Waals surface area contributed by atoms with Gasteiger partial charge in [-0.15, -0.1) is 0 Å². The highest BCUT2D eigenvalue weighted by atomic mass is 16.3. The number of nitrogens with zero attached hydrogens (tertiary/aromatic N) is 1. The lowest BCUT2D eigenvalue weighted by Crippen LogP contribution is -2.29. The van der Waals surface area contributed by atoms with E-state index in [9.17, 15) is 15.0 Å². The van der Waals surface area contributed by atoms with Crippen LogP contribution >= 0.6 is 0 Å². The van der Waals surface area contributed by atoms with Crippen molar-refractivity contribution in [1.82, 2.24) is 4.90 Å². The maximum absolute atomic E-state index is 12.4. The van der Waals surface area contributed by atoms with Crippen molar-refractivity contribution in [3.63, 3.8) is 0 Å². The van der Waals surface area contributed by atoms with Crippen LogP contribution in [-0.2, 0) is 0 Å². The second kappa shape index (κ2) is 5.65. The lowest BCUT2D eigenvalue weighted by atomic mass is 10.0. The van der Waals surface area contributed by atoms with Crippen LogP contribution in [0.2, 0.25) is 0 Å². The Morgan fingerprint density at radius 3 is 2.15 bits per heavy atom. The van der Waals surface area contributed by atoms with Crippen LogP contribution in [0.1, 0.15) is 28.9 Å². The first-order chi connectivity index (χ1) is 9.52. The third-order valence-electron chi connectivity index (χ3n) is 3.42. The summed E-state index contributed by atoms with van der Waals surface area (Å²) in [6.07, 6.45) is 0. The third-order valence-corrected chi connectivity index (χ3v) is 3.42. The van der Waals surface area contributed by atoms with Crippen LogP contribution in [0.5, 0.6) is 11.5 Å². The Balaban J connectivity index is 2.28. The van der Waals surface area contributed by atoms with Crippen molar-refractivity contribution in [3.05, 3.63) is 59.7 Å². The first-order valence-electron chi connectivity index (χ1n) is 6.35. The minimum absolute atomic E-state index is 0.0474. The predicted molar refractivity (Wildman–Crippen MR) is 76.7 cm³/mol. The molecule has 0 saturated heterocycles. The maximum atomic E-state index is 12.4. The molecule has 0 spiro atoms. The second-order valence-electron chi connectivity index (χ2n) is 4.67. The first-order valence-corrected chi connectivity index (χ1v) is 6.35. The fraction of sp³-hybridized carbons (Fsp3) is 0.188. The van der Waals surface area contributed by atoms with Crippen molar-refractivity contribution in [2.75, 3.05) is 7.05 Å². The van der Waals surface area contributed by atoms with Crippen molar-refractivity contribution >= 4 is 5.91 Å². The van der Waals surface area contributed by atoms with E-state index < -0.39 is 0 Å². The number of amides is 1. The minimum Gasteiger partial charge on any atom is -0.508 e. The molecule has 0 aliphatic carbocycles. The molecule has 1 amide bonds. The van der Waals surface area contributed by atoms with E-state index in [1.165, 1.54) is 11.0 Å². The van der Waals surface area contributed by atoms with Gasteiger partial charge in [0.05, 0.1) is 11.6 Å². The SMILES string of the molecule is CC(c1ccccc1O)N(C)C(=O)c1ccccc1O. The molecule has 2 rings (SSSR count). The fourth-order valence-electron chi connectivity index (χ4n) is 2.07. The number of aromatic hydroxyl groups is 2. The molecular weight excluding hydrogens is 254 g/mol. The van der Waals surface area contributed by atoms with E-state index in [-0.39, 0.29) is 29.0 Å². The van der Waals surface area contributed by atoms with Gasteiger partial charge >= 0.3 is 0 Å². The van der Waals surface area contributed by atoms with Crippen LogP contribution in [0.25, 0.3) is 0 Å². The number of para-hydroxylation sites is 2. The molecule has 0 aliphatic rings. The van der Waals surface area contributed by atoms with Gasteiger partial charge in [0.25, 0.3) is 5.91 Å². The Morgan fingerprint density at radius 1 is 1.00 bits per heavy atom. The molecule has 2 aromatic carbocycles. The van der Waals surface area contributed by atoms with E-state index >= 15 is 0 Å². The van der Waals surface area contributed by atoms with E-state index in [4.69, 9.17) is 0 Å². The van der Waals surface area contributed by atoms with Crippen molar-refractivity contribution in [2.45, 2.75) is 13.0 Å². The van der Waals surface area contributed by atoms with Crippen LogP contribution in [0.4, 0.5) is 0 Å².